The van der Waals surface area contributed by atoms with Gasteiger partial charge in [0.2, 0.25) is 0 Å². The number of anilines is 1. The summed E-state index contributed by atoms with van der Waals surface area (Å²) in [7, 11) is 0. The average molecular weight is 444 g/mol. The van der Waals surface area contributed by atoms with Gasteiger partial charge in [-0.1, -0.05) is 11.6 Å². The maximum atomic E-state index is 5.87. The summed E-state index contributed by atoms with van der Waals surface area (Å²) in [5.41, 5.74) is 0.970. The predicted molar refractivity (Wildman–Crippen MR) is 80.6 cm³/mol. The standard InChI is InChI=1S/C11H7Br3ClNO/c12-8-3-6(15)1-2-10(8)16-5-7-4-9(13)11(14)17-7/h1-4,16H,5H2. The molecule has 0 bridgehead atoms. The second kappa shape index (κ2) is 5.78. The summed E-state index contributed by atoms with van der Waals surface area (Å²) in [6.45, 7) is 0.602. The first-order chi connectivity index (χ1) is 8.06. The van der Waals surface area contributed by atoms with E-state index in [1.807, 2.05) is 24.3 Å². The molecule has 0 saturated heterocycles. The van der Waals surface area contributed by atoms with E-state index in [2.05, 4.69) is 53.1 Å². The number of hydrogen-bond acceptors (Lipinski definition) is 2. The van der Waals surface area contributed by atoms with Crippen LogP contribution in [0.25, 0.3) is 0 Å². The topological polar surface area (TPSA) is 25.2 Å². The van der Waals surface area contributed by atoms with Crippen molar-refractivity contribution in [3.8, 4) is 0 Å². The van der Waals surface area contributed by atoms with Gasteiger partial charge in [0.25, 0.3) is 0 Å². The Kier molecular flexibility index (Phi) is 4.58. The molecule has 0 unspecified atom stereocenters. The Morgan fingerprint density at radius 1 is 1.12 bits per heavy atom. The molecule has 0 fully saturated rings. The molecule has 0 saturated carbocycles. The first kappa shape index (κ1) is 13.5. The molecule has 1 aromatic carbocycles. The third kappa shape index (κ3) is 3.50. The van der Waals surface area contributed by atoms with Gasteiger partial charge < -0.3 is 9.73 Å². The van der Waals surface area contributed by atoms with Gasteiger partial charge in [-0.2, -0.15) is 0 Å². The van der Waals surface area contributed by atoms with Crippen molar-refractivity contribution in [2.24, 2.45) is 0 Å². The van der Waals surface area contributed by atoms with E-state index < -0.39 is 0 Å². The van der Waals surface area contributed by atoms with Crippen molar-refractivity contribution in [1.82, 2.24) is 0 Å². The van der Waals surface area contributed by atoms with Gasteiger partial charge in [-0.3, -0.25) is 0 Å². The van der Waals surface area contributed by atoms with E-state index in [4.69, 9.17) is 16.0 Å². The second-order valence-corrected chi connectivity index (χ2v) is 6.18. The highest BCUT2D eigenvalue weighted by atomic mass is 79.9. The van der Waals surface area contributed by atoms with Gasteiger partial charge in [0.05, 0.1) is 11.0 Å². The van der Waals surface area contributed by atoms with Crippen LogP contribution in [0.5, 0.6) is 0 Å². The second-order valence-electron chi connectivity index (χ2n) is 3.31. The summed E-state index contributed by atoms with van der Waals surface area (Å²) < 4.78 is 8.00. The number of hydrogen-bond donors (Lipinski definition) is 1. The van der Waals surface area contributed by atoms with Crippen molar-refractivity contribution in [2.75, 3.05) is 5.32 Å². The van der Waals surface area contributed by atoms with E-state index in [9.17, 15) is 0 Å². The zero-order valence-electron chi connectivity index (χ0n) is 8.44. The number of benzene rings is 1. The van der Waals surface area contributed by atoms with Crippen molar-refractivity contribution < 1.29 is 4.42 Å². The van der Waals surface area contributed by atoms with Crippen LogP contribution in [-0.4, -0.2) is 0 Å². The molecule has 17 heavy (non-hydrogen) atoms. The predicted octanol–water partition coefficient (Wildman–Crippen LogP) is 5.83. The van der Waals surface area contributed by atoms with Crippen LogP contribution in [-0.2, 0) is 6.54 Å². The van der Waals surface area contributed by atoms with Gasteiger partial charge in [0, 0.05) is 15.2 Å². The van der Waals surface area contributed by atoms with Crippen LogP contribution < -0.4 is 5.32 Å². The molecule has 1 heterocycles. The van der Waals surface area contributed by atoms with Crippen LogP contribution in [0, 0.1) is 0 Å². The summed E-state index contributed by atoms with van der Waals surface area (Å²) in [6, 6.07) is 7.51. The molecule has 2 aromatic rings. The van der Waals surface area contributed by atoms with Crippen LogP contribution >= 0.6 is 59.4 Å². The average Bonchev–Trinajstić information content (AvgIpc) is 2.57. The molecule has 0 aliphatic heterocycles. The molecule has 0 aliphatic rings. The lowest BCUT2D eigenvalue weighted by Crippen LogP contribution is -1.98. The molecule has 0 radical (unpaired) electrons. The van der Waals surface area contributed by atoms with Gasteiger partial charge in [-0.15, -0.1) is 0 Å². The molecule has 6 heteroatoms. The molecule has 90 valence electrons. The Labute approximate surface area is 129 Å². The Morgan fingerprint density at radius 3 is 2.47 bits per heavy atom. The van der Waals surface area contributed by atoms with E-state index >= 15 is 0 Å². The van der Waals surface area contributed by atoms with Gasteiger partial charge >= 0.3 is 0 Å². The molecule has 2 rings (SSSR count). The summed E-state index contributed by atoms with van der Waals surface area (Å²) in [6.07, 6.45) is 0. The lowest BCUT2D eigenvalue weighted by atomic mass is 10.3. The zero-order chi connectivity index (χ0) is 12.4. The molecule has 0 aliphatic carbocycles. The summed E-state index contributed by atoms with van der Waals surface area (Å²) in [5.74, 6) is 0.839. The molecule has 0 spiro atoms. The first-order valence-corrected chi connectivity index (χ1v) is 7.44. The summed E-state index contributed by atoms with van der Waals surface area (Å²) >= 11 is 16.0. The van der Waals surface area contributed by atoms with Gasteiger partial charge in [0.15, 0.2) is 4.67 Å². The summed E-state index contributed by atoms with van der Waals surface area (Å²) in [4.78, 5) is 0. The third-order valence-corrected chi connectivity index (χ3v) is 4.68. The molecular formula is C11H7Br3ClNO. The number of rotatable bonds is 3. The fraction of sp³-hybridized carbons (Fsp3) is 0.0909. The molecule has 1 N–H and O–H groups in total. The molecule has 2 nitrogen and oxygen atoms in total. The highest BCUT2D eigenvalue weighted by molar-refractivity contribution is 9.13. The van der Waals surface area contributed by atoms with E-state index in [-0.39, 0.29) is 0 Å². The lowest BCUT2D eigenvalue weighted by molar-refractivity contribution is 0.494. The van der Waals surface area contributed by atoms with Crippen LogP contribution in [0.2, 0.25) is 5.02 Å². The number of nitrogens with one attached hydrogen (secondary N) is 1. The van der Waals surface area contributed by atoms with Crippen molar-refractivity contribution in [3.63, 3.8) is 0 Å². The Morgan fingerprint density at radius 2 is 1.88 bits per heavy atom. The fourth-order valence-corrected chi connectivity index (χ4v) is 2.78. The largest absolute Gasteiger partial charge is 0.451 e. The summed E-state index contributed by atoms with van der Waals surface area (Å²) in [5, 5.41) is 3.96. The minimum Gasteiger partial charge on any atom is -0.451 e. The SMILES string of the molecule is Clc1ccc(NCc2cc(Br)c(Br)o2)c(Br)c1. The fourth-order valence-electron chi connectivity index (χ4n) is 1.29. The smallest absolute Gasteiger partial charge is 0.183 e. The Hall–Kier alpha value is 0.0300. The number of furan rings is 1. The van der Waals surface area contributed by atoms with Crippen LogP contribution in [0.15, 0.2) is 42.3 Å². The molecule has 1 aromatic heterocycles. The monoisotopic (exact) mass is 441 g/mol. The quantitative estimate of drug-likeness (QED) is 0.644. The molecule has 0 amide bonds. The maximum Gasteiger partial charge on any atom is 0.183 e. The van der Waals surface area contributed by atoms with Crippen molar-refractivity contribution in [1.29, 1.82) is 0 Å². The van der Waals surface area contributed by atoms with Crippen molar-refractivity contribution in [3.05, 3.63) is 48.7 Å². The van der Waals surface area contributed by atoms with E-state index in [1.165, 1.54) is 0 Å². The van der Waals surface area contributed by atoms with Crippen LogP contribution in [0.3, 0.4) is 0 Å². The minimum atomic E-state index is 0.602. The normalized spacial score (nSPS) is 10.6. The Balaban J connectivity index is 2.07. The van der Waals surface area contributed by atoms with E-state index in [0.717, 1.165) is 20.4 Å². The number of halogens is 4. The van der Waals surface area contributed by atoms with Gasteiger partial charge in [-0.05, 0) is 72.1 Å². The van der Waals surface area contributed by atoms with Crippen molar-refractivity contribution >= 4 is 65.1 Å². The zero-order valence-corrected chi connectivity index (χ0v) is 14.0. The highest BCUT2D eigenvalue weighted by Crippen LogP contribution is 2.29. The molecular weight excluding hydrogens is 437 g/mol. The van der Waals surface area contributed by atoms with Crippen LogP contribution in [0.4, 0.5) is 5.69 Å². The first-order valence-electron chi connectivity index (χ1n) is 4.69. The third-order valence-electron chi connectivity index (χ3n) is 2.08. The van der Waals surface area contributed by atoms with E-state index in [1.54, 1.807) is 0 Å². The Bertz CT molecular complexity index is 522. The van der Waals surface area contributed by atoms with Gasteiger partial charge in [0.1, 0.15) is 5.76 Å². The highest BCUT2D eigenvalue weighted by Gasteiger charge is 2.06. The minimum absolute atomic E-state index is 0.602. The molecule has 0 atom stereocenters. The lowest BCUT2D eigenvalue weighted by Gasteiger charge is -2.06. The van der Waals surface area contributed by atoms with Gasteiger partial charge in [-0.25, -0.2) is 0 Å². The van der Waals surface area contributed by atoms with Crippen LogP contribution in [0.1, 0.15) is 5.76 Å². The van der Waals surface area contributed by atoms with E-state index in [0.29, 0.717) is 16.2 Å². The maximum absolute atomic E-state index is 5.87. The van der Waals surface area contributed by atoms with Crippen molar-refractivity contribution in [2.45, 2.75) is 6.54 Å².